The highest BCUT2D eigenvalue weighted by Crippen LogP contribution is 2.21. The van der Waals surface area contributed by atoms with E-state index in [4.69, 9.17) is 0 Å². The summed E-state index contributed by atoms with van der Waals surface area (Å²) in [5, 5.41) is 3.03. The first kappa shape index (κ1) is 20.5. The fourth-order valence-electron chi connectivity index (χ4n) is 3.79. The maximum absolute atomic E-state index is 12.7. The van der Waals surface area contributed by atoms with E-state index in [9.17, 15) is 13.2 Å². The highest BCUT2D eigenvalue weighted by molar-refractivity contribution is 7.99. The highest BCUT2D eigenvalue weighted by atomic mass is 32.2. The lowest BCUT2D eigenvalue weighted by Gasteiger charge is -2.24. The smallest absolute Gasteiger partial charge is 0.267 e. The molecule has 7 nitrogen and oxygen atoms in total. The SMILES string of the molecule is O=C(NC1CCN(Cc2ccccc2)C1)c1cc(S(=O)(=O)N2CCSCC2)c[nH]1. The molecule has 29 heavy (non-hydrogen) atoms. The van der Waals surface area contributed by atoms with Crippen molar-refractivity contribution < 1.29 is 13.2 Å². The van der Waals surface area contributed by atoms with Gasteiger partial charge in [0.1, 0.15) is 10.6 Å². The number of rotatable bonds is 6. The zero-order valence-electron chi connectivity index (χ0n) is 16.2. The molecule has 156 valence electrons. The first-order valence-corrected chi connectivity index (χ1v) is 12.5. The summed E-state index contributed by atoms with van der Waals surface area (Å²) in [5.41, 5.74) is 1.55. The molecule has 2 aliphatic rings. The van der Waals surface area contributed by atoms with Gasteiger partial charge in [-0.25, -0.2) is 8.42 Å². The van der Waals surface area contributed by atoms with Crippen molar-refractivity contribution in [2.45, 2.75) is 23.9 Å². The van der Waals surface area contributed by atoms with E-state index < -0.39 is 10.0 Å². The Labute approximate surface area is 175 Å². The van der Waals surface area contributed by atoms with E-state index in [0.29, 0.717) is 13.1 Å². The summed E-state index contributed by atoms with van der Waals surface area (Å²) in [6, 6.07) is 11.8. The van der Waals surface area contributed by atoms with E-state index in [2.05, 4.69) is 27.3 Å². The summed E-state index contributed by atoms with van der Waals surface area (Å²) >= 11 is 1.76. The Morgan fingerprint density at radius 2 is 1.93 bits per heavy atom. The van der Waals surface area contributed by atoms with Crippen molar-refractivity contribution in [3.05, 3.63) is 53.9 Å². The molecule has 0 spiro atoms. The van der Waals surface area contributed by atoms with Crippen molar-refractivity contribution in [3.8, 4) is 0 Å². The summed E-state index contributed by atoms with van der Waals surface area (Å²) in [6.07, 6.45) is 2.30. The van der Waals surface area contributed by atoms with Gasteiger partial charge in [0.15, 0.2) is 0 Å². The van der Waals surface area contributed by atoms with Crippen LogP contribution in [0.15, 0.2) is 47.5 Å². The number of thioether (sulfide) groups is 1. The molecule has 2 aromatic rings. The van der Waals surface area contributed by atoms with Crippen molar-refractivity contribution in [3.63, 3.8) is 0 Å². The van der Waals surface area contributed by atoms with Crippen LogP contribution in [0.5, 0.6) is 0 Å². The molecule has 4 rings (SSSR count). The molecule has 2 aliphatic heterocycles. The Kier molecular flexibility index (Phi) is 6.29. The lowest BCUT2D eigenvalue weighted by molar-refractivity contribution is 0.0933. The van der Waals surface area contributed by atoms with Gasteiger partial charge >= 0.3 is 0 Å². The second-order valence-corrected chi connectivity index (χ2v) is 10.6. The van der Waals surface area contributed by atoms with Gasteiger partial charge in [0.2, 0.25) is 10.0 Å². The molecule has 1 atom stereocenters. The van der Waals surface area contributed by atoms with Crippen LogP contribution in [0, 0.1) is 0 Å². The first-order chi connectivity index (χ1) is 14.0. The minimum absolute atomic E-state index is 0.0636. The number of aromatic nitrogens is 1. The van der Waals surface area contributed by atoms with Gasteiger partial charge in [-0.05, 0) is 18.1 Å². The summed E-state index contributed by atoms with van der Waals surface area (Å²) in [7, 11) is -3.54. The minimum atomic E-state index is -3.54. The van der Waals surface area contributed by atoms with E-state index in [1.165, 1.54) is 22.1 Å². The molecule has 1 unspecified atom stereocenters. The lowest BCUT2D eigenvalue weighted by Crippen LogP contribution is -2.38. The molecule has 2 saturated heterocycles. The van der Waals surface area contributed by atoms with Gasteiger partial charge in [-0.1, -0.05) is 30.3 Å². The van der Waals surface area contributed by atoms with Crippen molar-refractivity contribution >= 4 is 27.7 Å². The average molecular weight is 435 g/mol. The van der Waals surface area contributed by atoms with E-state index >= 15 is 0 Å². The third-order valence-corrected chi connectivity index (χ3v) is 8.18. The van der Waals surface area contributed by atoms with Crippen LogP contribution in [0.1, 0.15) is 22.5 Å². The number of hydrogen-bond donors (Lipinski definition) is 2. The number of nitrogens with zero attached hydrogens (tertiary/aromatic N) is 2. The van der Waals surface area contributed by atoms with Gasteiger partial charge in [-0.15, -0.1) is 0 Å². The molecule has 1 aromatic carbocycles. The van der Waals surface area contributed by atoms with Crippen LogP contribution < -0.4 is 5.32 Å². The number of hydrogen-bond acceptors (Lipinski definition) is 5. The van der Waals surface area contributed by atoms with Crippen molar-refractivity contribution in [2.75, 3.05) is 37.7 Å². The lowest BCUT2D eigenvalue weighted by atomic mass is 10.2. The highest BCUT2D eigenvalue weighted by Gasteiger charge is 2.29. The van der Waals surface area contributed by atoms with Crippen LogP contribution in [0.4, 0.5) is 0 Å². The van der Waals surface area contributed by atoms with Crippen LogP contribution >= 0.6 is 11.8 Å². The molecule has 2 fully saturated rings. The average Bonchev–Trinajstić information content (AvgIpc) is 3.40. The predicted octanol–water partition coefficient (Wildman–Crippen LogP) is 1.76. The van der Waals surface area contributed by atoms with E-state index in [0.717, 1.165) is 37.6 Å². The van der Waals surface area contributed by atoms with Crippen LogP contribution in [-0.2, 0) is 16.6 Å². The zero-order chi connectivity index (χ0) is 20.3. The maximum atomic E-state index is 12.7. The normalized spacial score (nSPS) is 21.3. The number of benzene rings is 1. The molecule has 1 amide bonds. The van der Waals surface area contributed by atoms with E-state index in [-0.39, 0.29) is 22.5 Å². The molecule has 3 heterocycles. The van der Waals surface area contributed by atoms with Gasteiger partial charge < -0.3 is 10.3 Å². The largest absolute Gasteiger partial charge is 0.356 e. The molecule has 1 aromatic heterocycles. The molecular formula is C20H26N4O3S2. The third kappa shape index (κ3) is 4.85. The third-order valence-electron chi connectivity index (χ3n) is 5.37. The summed E-state index contributed by atoms with van der Waals surface area (Å²) in [5.74, 6) is 1.35. The van der Waals surface area contributed by atoms with Crippen molar-refractivity contribution in [1.82, 2.24) is 19.5 Å². The number of likely N-dealkylation sites (tertiary alicyclic amines) is 1. The Hall–Kier alpha value is -1.81. The monoisotopic (exact) mass is 434 g/mol. The molecule has 9 heteroatoms. The summed E-state index contributed by atoms with van der Waals surface area (Å²) in [4.78, 5) is 17.9. The van der Waals surface area contributed by atoms with E-state index in [1.807, 2.05) is 18.2 Å². The first-order valence-electron chi connectivity index (χ1n) is 9.86. The van der Waals surface area contributed by atoms with Crippen molar-refractivity contribution in [1.29, 1.82) is 0 Å². The minimum Gasteiger partial charge on any atom is -0.356 e. The zero-order valence-corrected chi connectivity index (χ0v) is 17.8. The Bertz CT molecular complexity index is 940. The second-order valence-electron chi connectivity index (χ2n) is 7.45. The van der Waals surface area contributed by atoms with Gasteiger partial charge in [0.25, 0.3) is 5.91 Å². The number of H-pyrrole nitrogens is 1. The van der Waals surface area contributed by atoms with Crippen LogP contribution in [0.3, 0.4) is 0 Å². The number of nitrogens with one attached hydrogen (secondary N) is 2. The van der Waals surface area contributed by atoms with E-state index in [1.54, 1.807) is 11.8 Å². The van der Waals surface area contributed by atoms with Crippen molar-refractivity contribution in [2.24, 2.45) is 0 Å². The number of carbonyl (C=O) groups excluding carboxylic acids is 1. The van der Waals surface area contributed by atoms with Gasteiger partial charge in [-0.2, -0.15) is 16.1 Å². The molecule has 0 saturated carbocycles. The standard InChI is InChI=1S/C20H26N4O3S2/c25-20(22-17-6-7-23(15-17)14-16-4-2-1-3-5-16)19-12-18(13-21-19)29(26,27)24-8-10-28-11-9-24/h1-5,12-13,17,21H,6-11,14-15H2,(H,22,25). The molecule has 0 aliphatic carbocycles. The Morgan fingerprint density at radius 1 is 1.17 bits per heavy atom. The van der Waals surface area contributed by atoms with Crippen LogP contribution in [-0.4, -0.2) is 72.2 Å². The molecule has 0 radical (unpaired) electrons. The summed E-state index contributed by atoms with van der Waals surface area (Å²) < 4.78 is 27.0. The molecule has 0 bridgehead atoms. The van der Waals surface area contributed by atoms with Gasteiger partial charge in [-0.3, -0.25) is 9.69 Å². The fraction of sp³-hybridized carbons (Fsp3) is 0.450. The second kappa shape index (κ2) is 8.91. The predicted molar refractivity (Wildman–Crippen MR) is 114 cm³/mol. The molecule has 2 N–H and O–H groups in total. The number of aromatic amines is 1. The maximum Gasteiger partial charge on any atom is 0.267 e. The molecular weight excluding hydrogens is 408 g/mol. The number of sulfonamides is 1. The Balaban J connectivity index is 1.34. The Morgan fingerprint density at radius 3 is 2.69 bits per heavy atom. The summed E-state index contributed by atoms with van der Waals surface area (Å²) in [6.45, 7) is 3.61. The van der Waals surface area contributed by atoms with Gasteiger partial charge in [0, 0.05) is 56.5 Å². The van der Waals surface area contributed by atoms with Gasteiger partial charge in [0.05, 0.1) is 0 Å². The van der Waals surface area contributed by atoms with Crippen LogP contribution in [0.25, 0.3) is 0 Å². The number of carbonyl (C=O) groups is 1. The topological polar surface area (TPSA) is 85.5 Å². The quantitative estimate of drug-likeness (QED) is 0.724. The van der Waals surface area contributed by atoms with Crippen LogP contribution in [0.2, 0.25) is 0 Å². The number of amides is 1. The fourth-order valence-corrected chi connectivity index (χ4v) is 6.36.